The van der Waals surface area contributed by atoms with E-state index >= 15 is 0 Å². The fourth-order valence-electron chi connectivity index (χ4n) is 1.74. The van der Waals surface area contributed by atoms with Crippen molar-refractivity contribution in [2.24, 2.45) is 5.73 Å². The van der Waals surface area contributed by atoms with E-state index in [4.69, 9.17) is 10.8 Å². The number of amides is 1. The number of hydrogen-bond donors (Lipinski definition) is 3. The maximum atomic E-state index is 11.8. The first-order valence-electron chi connectivity index (χ1n) is 6.33. The maximum Gasteiger partial charge on any atom is 0.328 e. The topological polar surface area (TPSA) is 119 Å². The van der Waals surface area contributed by atoms with E-state index in [1.165, 1.54) is 7.11 Å². The fourth-order valence-corrected chi connectivity index (χ4v) is 1.74. The van der Waals surface area contributed by atoms with Gasteiger partial charge in [0.2, 0.25) is 5.91 Å². The zero-order chi connectivity index (χ0) is 15.8. The van der Waals surface area contributed by atoms with E-state index in [2.05, 4.69) is 10.1 Å². The SMILES string of the molecule is COC(=O)[C@@H](Cc1ccccc1)NC(=O)[C@@H](N)CC(=O)O.Cl. The Morgan fingerprint density at radius 2 is 1.86 bits per heavy atom. The van der Waals surface area contributed by atoms with Gasteiger partial charge in [-0.3, -0.25) is 9.59 Å². The highest BCUT2D eigenvalue weighted by Crippen LogP contribution is 2.05. The van der Waals surface area contributed by atoms with Crippen LogP contribution in [0.3, 0.4) is 0 Å². The molecule has 4 N–H and O–H groups in total. The first-order chi connectivity index (χ1) is 9.93. The lowest BCUT2D eigenvalue weighted by atomic mass is 10.1. The molecule has 1 rings (SSSR count). The molecule has 1 aromatic rings. The van der Waals surface area contributed by atoms with Gasteiger partial charge in [0.25, 0.3) is 0 Å². The van der Waals surface area contributed by atoms with Gasteiger partial charge in [-0.15, -0.1) is 12.4 Å². The summed E-state index contributed by atoms with van der Waals surface area (Å²) in [6, 6.07) is 6.93. The third-order valence-corrected chi connectivity index (χ3v) is 2.82. The molecule has 7 nitrogen and oxygen atoms in total. The summed E-state index contributed by atoms with van der Waals surface area (Å²) >= 11 is 0. The lowest BCUT2D eigenvalue weighted by Gasteiger charge is -2.18. The number of carbonyl (C=O) groups is 3. The molecule has 0 spiro atoms. The van der Waals surface area contributed by atoms with Gasteiger partial charge >= 0.3 is 11.9 Å². The first kappa shape index (κ1) is 19.9. The third kappa shape index (κ3) is 6.55. The van der Waals surface area contributed by atoms with Crippen LogP contribution in [0.5, 0.6) is 0 Å². The number of carbonyl (C=O) groups excluding carboxylic acids is 2. The van der Waals surface area contributed by atoms with Gasteiger partial charge in [-0.05, 0) is 5.56 Å². The number of nitrogens with two attached hydrogens (primary N) is 1. The molecule has 8 heteroatoms. The van der Waals surface area contributed by atoms with Crippen LogP contribution in [-0.4, -0.2) is 42.1 Å². The number of hydrogen-bond acceptors (Lipinski definition) is 5. The second-order valence-electron chi connectivity index (χ2n) is 4.48. The van der Waals surface area contributed by atoms with Crippen LogP contribution in [0.4, 0.5) is 0 Å². The molecule has 22 heavy (non-hydrogen) atoms. The number of halogens is 1. The van der Waals surface area contributed by atoms with Crippen LogP contribution in [-0.2, 0) is 25.5 Å². The van der Waals surface area contributed by atoms with Crippen molar-refractivity contribution >= 4 is 30.3 Å². The van der Waals surface area contributed by atoms with Crippen molar-refractivity contribution in [2.45, 2.75) is 24.9 Å². The molecule has 122 valence electrons. The Morgan fingerprint density at radius 1 is 1.27 bits per heavy atom. The van der Waals surface area contributed by atoms with Crippen molar-refractivity contribution in [1.29, 1.82) is 0 Å². The Balaban J connectivity index is 0.00000441. The van der Waals surface area contributed by atoms with Crippen LogP contribution in [0.1, 0.15) is 12.0 Å². The summed E-state index contributed by atoms with van der Waals surface area (Å²) in [5.74, 6) is -2.51. The van der Waals surface area contributed by atoms with Crippen molar-refractivity contribution in [3.63, 3.8) is 0 Å². The van der Waals surface area contributed by atoms with Crippen molar-refractivity contribution in [2.75, 3.05) is 7.11 Å². The van der Waals surface area contributed by atoms with Gasteiger partial charge in [-0.25, -0.2) is 4.79 Å². The summed E-state index contributed by atoms with van der Waals surface area (Å²) in [5.41, 5.74) is 6.29. The summed E-state index contributed by atoms with van der Waals surface area (Å²) < 4.78 is 4.64. The van der Waals surface area contributed by atoms with E-state index < -0.39 is 36.4 Å². The second-order valence-corrected chi connectivity index (χ2v) is 4.48. The monoisotopic (exact) mass is 330 g/mol. The van der Waals surface area contributed by atoms with Crippen molar-refractivity contribution in [1.82, 2.24) is 5.32 Å². The van der Waals surface area contributed by atoms with Crippen molar-refractivity contribution < 1.29 is 24.2 Å². The van der Waals surface area contributed by atoms with E-state index in [-0.39, 0.29) is 18.8 Å². The smallest absolute Gasteiger partial charge is 0.328 e. The molecule has 2 atom stereocenters. The molecule has 0 aliphatic carbocycles. The molecule has 0 unspecified atom stereocenters. The molecule has 1 amide bonds. The quantitative estimate of drug-likeness (QED) is 0.611. The average Bonchev–Trinajstić information content (AvgIpc) is 2.46. The van der Waals surface area contributed by atoms with Crippen LogP contribution in [0.15, 0.2) is 30.3 Å². The molecule has 1 aromatic carbocycles. The van der Waals surface area contributed by atoms with Gasteiger partial charge in [0.05, 0.1) is 19.6 Å². The number of benzene rings is 1. The number of ether oxygens (including phenoxy) is 1. The molecule has 0 bridgehead atoms. The maximum absolute atomic E-state index is 11.8. The molecular formula is C14H19ClN2O5. The van der Waals surface area contributed by atoms with Gasteiger partial charge in [0, 0.05) is 6.42 Å². The third-order valence-electron chi connectivity index (χ3n) is 2.82. The van der Waals surface area contributed by atoms with E-state index in [1.807, 2.05) is 18.2 Å². The van der Waals surface area contributed by atoms with Crippen molar-refractivity contribution in [3.8, 4) is 0 Å². The van der Waals surface area contributed by atoms with E-state index in [0.29, 0.717) is 0 Å². The molecule has 0 saturated heterocycles. The minimum absolute atomic E-state index is 0. The van der Waals surface area contributed by atoms with Gasteiger partial charge in [0.1, 0.15) is 6.04 Å². The molecule has 0 fully saturated rings. The highest BCUT2D eigenvalue weighted by molar-refractivity contribution is 5.89. The van der Waals surface area contributed by atoms with Gasteiger partial charge < -0.3 is 20.9 Å². The van der Waals surface area contributed by atoms with E-state index in [1.54, 1.807) is 12.1 Å². The van der Waals surface area contributed by atoms with Crippen LogP contribution >= 0.6 is 12.4 Å². The number of rotatable bonds is 7. The Hall–Kier alpha value is -2.12. The predicted molar refractivity (Wildman–Crippen MR) is 81.6 cm³/mol. The summed E-state index contributed by atoms with van der Waals surface area (Å²) in [6.07, 6.45) is -0.274. The zero-order valence-corrected chi connectivity index (χ0v) is 12.8. The summed E-state index contributed by atoms with van der Waals surface area (Å²) in [4.78, 5) is 34.0. The normalized spacial score (nSPS) is 12.5. The number of nitrogens with one attached hydrogen (secondary N) is 1. The van der Waals surface area contributed by atoms with Crippen molar-refractivity contribution in [3.05, 3.63) is 35.9 Å². The number of carboxylic acids is 1. The second kappa shape index (κ2) is 9.75. The fraction of sp³-hybridized carbons (Fsp3) is 0.357. The number of carboxylic acid groups (broad SMARTS) is 1. The van der Waals surface area contributed by atoms with Gasteiger partial charge in [0.15, 0.2) is 0 Å². The summed E-state index contributed by atoms with van der Waals surface area (Å²) in [5, 5.41) is 11.0. The lowest BCUT2D eigenvalue weighted by molar-refractivity contribution is -0.145. The van der Waals surface area contributed by atoms with E-state index in [9.17, 15) is 14.4 Å². The van der Waals surface area contributed by atoms with Gasteiger partial charge in [-0.2, -0.15) is 0 Å². The van der Waals surface area contributed by atoms with Crippen LogP contribution in [0, 0.1) is 0 Å². The molecular weight excluding hydrogens is 312 g/mol. The highest BCUT2D eigenvalue weighted by atomic mass is 35.5. The molecule has 0 aliphatic heterocycles. The Labute approximate surface area is 134 Å². The number of methoxy groups -OCH3 is 1. The minimum Gasteiger partial charge on any atom is -0.481 e. The zero-order valence-electron chi connectivity index (χ0n) is 12.0. The Bertz CT molecular complexity index is 509. The minimum atomic E-state index is -1.22. The van der Waals surface area contributed by atoms with Crippen LogP contribution in [0.2, 0.25) is 0 Å². The first-order valence-corrected chi connectivity index (χ1v) is 6.33. The molecule has 0 aliphatic rings. The molecule has 0 saturated carbocycles. The van der Waals surface area contributed by atoms with Crippen LogP contribution < -0.4 is 11.1 Å². The Kier molecular flexibility index (Phi) is 8.81. The Morgan fingerprint density at radius 3 is 2.36 bits per heavy atom. The molecule has 0 radical (unpaired) electrons. The molecule has 0 heterocycles. The lowest BCUT2D eigenvalue weighted by Crippen LogP contribution is -2.50. The van der Waals surface area contributed by atoms with Crippen LogP contribution in [0.25, 0.3) is 0 Å². The summed E-state index contributed by atoms with van der Waals surface area (Å²) in [6.45, 7) is 0. The summed E-state index contributed by atoms with van der Waals surface area (Å²) in [7, 11) is 1.21. The predicted octanol–water partition coefficient (Wildman–Crippen LogP) is 0.111. The number of esters is 1. The largest absolute Gasteiger partial charge is 0.481 e. The van der Waals surface area contributed by atoms with E-state index in [0.717, 1.165) is 5.56 Å². The molecule has 0 aromatic heterocycles. The average molecular weight is 331 g/mol. The van der Waals surface area contributed by atoms with Gasteiger partial charge in [-0.1, -0.05) is 30.3 Å². The highest BCUT2D eigenvalue weighted by Gasteiger charge is 2.25. The number of aliphatic carboxylic acids is 1. The standard InChI is InChI=1S/C14H18N2O5.ClH/c1-21-14(20)11(7-9-5-3-2-4-6-9)16-13(19)10(15)8-12(17)18;/h2-6,10-11H,7-8,15H2,1H3,(H,16,19)(H,17,18);1H/t10-,11+;/m0./s1.